The minimum absolute atomic E-state index is 0.0698. The Labute approximate surface area is 123 Å². The number of nitrogens with one attached hydrogen (secondary N) is 1. The molecular formula is C14H19ClN2O3. The first kappa shape index (κ1) is 16.5. The molecule has 6 heteroatoms. The standard InChI is InChI=1S/C14H19ClN2O3/c15-11-6-2-1-5-10(11)9-13(18)17-12(14(19)20)7-3-4-8-16/h1-2,5-6,12H,3-4,7-9,16H2,(H,17,18)(H,19,20). The molecule has 0 aromatic heterocycles. The number of carbonyl (C=O) groups is 2. The van der Waals surface area contributed by atoms with E-state index in [9.17, 15) is 9.59 Å². The van der Waals surface area contributed by atoms with Gasteiger partial charge in [0.15, 0.2) is 0 Å². The minimum Gasteiger partial charge on any atom is -0.480 e. The molecule has 1 atom stereocenters. The van der Waals surface area contributed by atoms with Gasteiger partial charge in [-0.15, -0.1) is 0 Å². The summed E-state index contributed by atoms with van der Waals surface area (Å²) in [5, 5.41) is 12.1. The third kappa shape index (κ3) is 5.59. The highest BCUT2D eigenvalue weighted by Gasteiger charge is 2.19. The van der Waals surface area contributed by atoms with E-state index >= 15 is 0 Å². The number of amides is 1. The molecule has 0 aliphatic rings. The van der Waals surface area contributed by atoms with E-state index in [2.05, 4.69) is 5.32 Å². The summed E-state index contributed by atoms with van der Waals surface area (Å²) in [6, 6.07) is 6.12. The van der Waals surface area contributed by atoms with Crippen LogP contribution < -0.4 is 11.1 Å². The lowest BCUT2D eigenvalue weighted by molar-refractivity contribution is -0.142. The maximum absolute atomic E-state index is 11.9. The molecule has 1 rings (SSSR count). The third-order valence-electron chi connectivity index (χ3n) is 2.89. The first-order chi connectivity index (χ1) is 9.54. The Balaban J connectivity index is 2.54. The number of hydrogen-bond donors (Lipinski definition) is 3. The highest BCUT2D eigenvalue weighted by Crippen LogP contribution is 2.15. The van der Waals surface area contributed by atoms with Gasteiger partial charge in [0.25, 0.3) is 0 Å². The zero-order valence-electron chi connectivity index (χ0n) is 11.1. The molecule has 1 aromatic carbocycles. The van der Waals surface area contributed by atoms with Gasteiger partial charge >= 0.3 is 5.97 Å². The second kappa shape index (κ2) is 8.55. The molecule has 0 saturated carbocycles. The molecule has 0 fully saturated rings. The highest BCUT2D eigenvalue weighted by atomic mass is 35.5. The van der Waals surface area contributed by atoms with E-state index in [1.54, 1.807) is 24.3 Å². The molecular weight excluding hydrogens is 280 g/mol. The Morgan fingerprint density at radius 3 is 2.60 bits per heavy atom. The number of unbranched alkanes of at least 4 members (excludes halogenated alkanes) is 1. The Kier molecular flexibility index (Phi) is 7.04. The van der Waals surface area contributed by atoms with Crippen LogP contribution in [0.1, 0.15) is 24.8 Å². The summed E-state index contributed by atoms with van der Waals surface area (Å²) >= 11 is 5.96. The van der Waals surface area contributed by atoms with Gasteiger partial charge in [0.1, 0.15) is 6.04 Å². The molecule has 5 nitrogen and oxygen atoms in total. The van der Waals surface area contributed by atoms with Gasteiger partial charge in [-0.2, -0.15) is 0 Å². The van der Waals surface area contributed by atoms with Crippen LogP contribution in [0.3, 0.4) is 0 Å². The molecule has 4 N–H and O–H groups in total. The number of carboxylic acid groups (broad SMARTS) is 1. The summed E-state index contributed by atoms with van der Waals surface area (Å²) in [5.74, 6) is -1.38. The fourth-order valence-corrected chi connectivity index (χ4v) is 2.01. The van der Waals surface area contributed by atoms with Gasteiger partial charge in [0.05, 0.1) is 6.42 Å². The lowest BCUT2D eigenvalue weighted by atomic mass is 10.1. The van der Waals surface area contributed by atoms with Crippen molar-refractivity contribution in [2.75, 3.05) is 6.54 Å². The highest BCUT2D eigenvalue weighted by molar-refractivity contribution is 6.31. The SMILES string of the molecule is NCCCCC(NC(=O)Cc1ccccc1Cl)C(=O)O. The molecule has 0 heterocycles. The summed E-state index contributed by atoms with van der Waals surface area (Å²) in [6.45, 7) is 0.514. The summed E-state index contributed by atoms with van der Waals surface area (Å²) in [7, 11) is 0. The van der Waals surface area contributed by atoms with Gasteiger partial charge < -0.3 is 16.2 Å². The van der Waals surface area contributed by atoms with Crippen molar-refractivity contribution in [1.29, 1.82) is 0 Å². The van der Waals surface area contributed by atoms with E-state index < -0.39 is 12.0 Å². The van der Waals surface area contributed by atoms with E-state index in [0.29, 0.717) is 30.0 Å². The molecule has 0 bridgehead atoms. The van der Waals surface area contributed by atoms with E-state index in [1.807, 2.05) is 0 Å². The largest absolute Gasteiger partial charge is 0.480 e. The van der Waals surface area contributed by atoms with Gasteiger partial charge in [-0.25, -0.2) is 4.79 Å². The zero-order chi connectivity index (χ0) is 15.0. The van der Waals surface area contributed by atoms with Gasteiger partial charge in [-0.1, -0.05) is 29.8 Å². The Morgan fingerprint density at radius 2 is 2.00 bits per heavy atom. The van der Waals surface area contributed by atoms with Crippen molar-refractivity contribution in [3.05, 3.63) is 34.9 Å². The predicted molar refractivity (Wildman–Crippen MR) is 77.6 cm³/mol. The van der Waals surface area contributed by atoms with E-state index in [-0.39, 0.29) is 12.3 Å². The van der Waals surface area contributed by atoms with E-state index in [4.69, 9.17) is 22.4 Å². The van der Waals surface area contributed by atoms with Crippen LogP contribution >= 0.6 is 11.6 Å². The van der Waals surface area contributed by atoms with Gasteiger partial charge in [-0.3, -0.25) is 4.79 Å². The van der Waals surface area contributed by atoms with Crippen LogP contribution in [0.15, 0.2) is 24.3 Å². The molecule has 1 amide bonds. The Morgan fingerprint density at radius 1 is 1.30 bits per heavy atom. The number of hydrogen-bond acceptors (Lipinski definition) is 3. The van der Waals surface area contributed by atoms with Gasteiger partial charge in [-0.05, 0) is 37.4 Å². The molecule has 1 aromatic rings. The Hall–Kier alpha value is -1.59. The fraction of sp³-hybridized carbons (Fsp3) is 0.429. The number of carboxylic acids is 1. The predicted octanol–water partition coefficient (Wildman–Crippen LogP) is 1.58. The molecule has 0 spiro atoms. The molecule has 0 aliphatic heterocycles. The smallest absolute Gasteiger partial charge is 0.326 e. The second-order valence-corrected chi connectivity index (χ2v) is 4.92. The van der Waals surface area contributed by atoms with Crippen LogP contribution in [-0.2, 0) is 16.0 Å². The molecule has 20 heavy (non-hydrogen) atoms. The monoisotopic (exact) mass is 298 g/mol. The topological polar surface area (TPSA) is 92.4 Å². The molecule has 0 saturated heterocycles. The number of carbonyl (C=O) groups excluding carboxylic acids is 1. The Bertz CT molecular complexity index is 465. The van der Waals surface area contributed by atoms with Crippen molar-refractivity contribution in [3.63, 3.8) is 0 Å². The van der Waals surface area contributed by atoms with Crippen molar-refractivity contribution in [2.24, 2.45) is 5.73 Å². The van der Waals surface area contributed by atoms with Crippen LogP contribution in [0.4, 0.5) is 0 Å². The average molecular weight is 299 g/mol. The number of rotatable bonds is 8. The molecule has 0 radical (unpaired) electrons. The minimum atomic E-state index is -1.03. The van der Waals surface area contributed by atoms with Crippen LogP contribution in [-0.4, -0.2) is 29.6 Å². The fourth-order valence-electron chi connectivity index (χ4n) is 1.81. The average Bonchev–Trinajstić information content (AvgIpc) is 2.40. The molecule has 0 aliphatic carbocycles. The number of nitrogens with two attached hydrogens (primary N) is 1. The van der Waals surface area contributed by atoms with Crippen LogP contribution in [0, 0.1) is 0 Å². The van der Waals surface area contributed by atoms with Gasteiger partial charge in [0, 0.05) is 5.02 Å². The summed E-state index contributed by atoms with van der Waals surface area (Å²) in [6.07, 6.45) is 1.85. The number of benzene rings is 1. The quantitative estimate of drug-likeness (QED) is 0.635. The maximum atomic E-state index is 11.9. The lowest BCUT2D eigenvalue weighted by Gasteiger charge is -2.14. The summed E-state index contributed by atoms with van der Waals surface area (Å²) in [4.78, 5) is 22.9. The van der Waals surface area contributed by atoms with Crippen molar-refractivity contribution in [2.45, 2.75) is 31.7 Å². The zero-order valence-corrected chi connectivity index (χ0v) is 11.9. The number of aliphatic carboxylic acids is 1. The molecule has 1 unspecified atom stereocenters. The van der Waals surface area contributed by atoms with Crippen LogP contribution in [0.25, 0.3) is 0 Å². The third-order valence-corrected chi connectivity index (χ3v) is 3.26. The lowest BCUT2D eigenvalue weighted by Crippen LogP contribution is -2.41. The van der Waals surface area contributed by atoms with Crippen LogP contribution in [0.2, 0.25) is 5.02 Å². The summed E-state index contributed by atoms with van der Waals surface area (Å²) < 4.78 is 0. The van der Waals surface area contributed by atoms with Crippen molar-refractivity contribution >= 4 is 23.5 Å². The van der Waals surface area contributed by atoms with E-state index in [1.165, 1.54) is 0 Å². The first-order valence-electron chi connectivity index (χ1n) is 6.50. The summed E-state index contributed by atoms with van der Waals surface area (Å²) in [5.41, 5.74) is 6.04. The van der Waals surface area contributed by atoms with E-state index in [0.717, 1.165) is 6.42 Å². The maximum Gasteiger partial charge on any atom is 0.326 e. The normalized spacial score (nSPS) is 11.9. The van der Waals surface area contributed by atoms with Crippen molar-refractivity contribution in [3.8, 4) is 0 Å². The van der Waals surface area contributed by atoms with Crippen molar-refractivity contribution in [1.82, 2.24) is 5.32 Å². The van der Waals surface area contributed by atoms with Crippen LogP contribution in [0.5, 0.6) is 0 Å². The number of halogens is 1. The van der Waals surface area contributed by atoms with Crippen molar-refractivity contribution < 1.29 is 14.7 Å². The van der Waals surface area contributed by atoms with Gasteiger partial charge in [0.2, 0.25) is 5.91 Å². The first-order valence-corrected chi connectivity index (χ1v) is 6.88. The second-order valence-electron chi connectivity index (χ2n) is 4.51. The molecule has 110 valence electrons.